The molecular formula is C25H33NO8. The van der Waals surface area contributed by atoms with Gasteiger partial charge in [0.15, 0.2) is 24.5 Å². The van der Waals surface area contributed by atoms with E-state index in [4.69, 9.17) is 23.7 Å². The highest BCUT2D eigenvalue weighted by Crippen LogP contribution is 2.44. The van der Waals surface area contributed by atoms with E-state index in [1.54, 1.807) is 0 Å². The highest BCUT2D eigenvalue weighted by Gasteiger charge is 2.52. The van der Waals surface area contributed by atoms with Gasteiger partial charge in [0, 0.05) is 32.0 Å². The van der Waals surface area contributed by atoms with Gasteiger partial charge in [0.25, 0.3) is 0 Å². The number of hydrogen-bond donors (Lipinski definition) is 0. The molecule has 186 valence electrons. The largest absolute Gasteiger partial charge is 0.494 e. The molecule has 3 rings (SSSR count). The monoisotopic (exact) mass is 475 g/mol. The number of benzene rings is 1. The summed E-state index contributed by atoms with van der Waals surface area (Å²) in [5, 5.41) is 0. The van der Waals surface area contributed by atoms with Crippen molar-refractivity contribution in [3.63, 3.8) is 0 Å². The maximum absolute atomic E-state index is 12.1. The Bertz CT molecular complexity index is 985. The van der Waals surface area contributed by atoms with E-state index < -0.39 is 48.0 Å². The van der Waals surface area contributed by atoms with Crippen LogP contribution in [0, 0.1) is 0 Å². The summed E-state index contributed by atoms with van der Waals surface area (Å²) < 4.78 is 28.4. The molecule has 0 spiro atoms. The molecule has 1 aromatic rings. The van der Waals surface area contributed by atoms with Crippen LogP contribution in [-0.2, 0) is 33.3 Å². The van der Waals surface area contributed by atoms with Gasteiger partial charge in [-0.05, 0) is 51.5 Å². The predicted molar refractivity (Wildman–Crippen MR) is 124 cm³/mol. The van der Waals surface area contributed by atoms with Crippen molar-refractivity contribution < 1.29 is 38.1 Å². The van der Waals surface area contributed by atoms with Crippen molar-refractivity contribution in [3.8, 4) is 5.75 Å². The van der Waals surface area contributed by atoms with E-state index in [2.05, 4.69) is 6.08 Å². The molecule has 2 heterocycles. The zero-order valence-corrected chi connectivity index (χ0v) is 20.7. The lowest BCUT2D eigenvalue weighted by molar-refractivity contribution is -0.226. The molecule has 0 amide bonds. The molecule has 0 aliphatic carbocycles. The number of allylic oxidation sites excluding steroid dienone is 1. The third kappa shape index (κ3) is 5.35. The van der Waals surface area contributed by atoms with E-state index >= 15 is 0 Å². The number of hydrogen-bond acceptors (Lipinski definition) is 9. The molecule has 0 bridgehead atoms. The van der Waals surface area contributed by atoms with Crippen LogP contribution >= 0.6 is 0 Å². The summed E-state index contributed by atoms with van der Waals surface area (Å²) in [5.74, 6) is -0.984. The normalized spacial score (nSPS) is 25.5. The van der Waals surface area contributed by atoms with Crippen molar-refractivity contribution in [1.82, 2.24) is 0 Å². The Morgan fingerprint density at radius 1 is 1.03 bits per heavy atom. The third-order valence-electron chi connectivity index (χ3n) is 5.73. The minimum Gasteiger partial charge on any atom is -0.494 e. The topological polar surface area (TPSA) is 101 Å². The second-order valence-corrected chi connectivity index (χ2v) is 8.98. The SMILES string of the molecule is CCOc1ccc2c(c1)C(C)=CC(C)(C)N2C1OC[C@@H](OC(C)=O)[C@H](OC(C)=O)[C@H]1OC(C)=O. The predicted octanol–water partition coefficient (Wildman–Crippen LogP) is 3.24. The zero-order valence-electron chi connectivity index (χ0n) is 20.7. The van der Waals surface area contributed by atoms with Gasteiger partial charge >= 0.3 is 17.9 Å². The summed E-state index contributed by atoms with van der Waals surface area (Å²) in [7, 11) is 0. The number of rotatable bonds is 6. The van der Waals surface area contributed by atoms with E-state index in [1.807, 2.05) is 50.8 Å². The Morgan fingerprint density at radius 2 is 1.65 bits per heavy atom. The van der Waals surface area contributed by atoms with Gasteiger partial charge in [-0.2, -0.15) is 0 Å². The average Bonchev–Trinajstić information content (AvgIpc) is 2.71. The molecule has 0 N–H and O–H groups in total. The highest BCUT2D eigenvalue weighted by atomic mass is 16.6. The van der Waals surface area contributed by atoms with Gasteiger partial charge in [-0.3, -0.25) is 14.4 Å². The zero-order chi connectivity index (χ0) is 25.2. The third-order valence-corrected chi connectivity index (χ3v) is 5.73. The summed E-state index contributed by atoms with van der Waals surface area (Å²) >= 11 is 0. The second kappa shape index (κ2) is 10.0. The number of esters is 3. The molecular weight excluding hydrogens is 442 g/mol. The molecule has 0 saturated carbocycles. The van der Waals surface area contributed by atoms with Crippen LogP contribution in [0.15, 0.2) is 24.3 Å². The molecule has 1 saturated heterocycles. The lowest BCUT2D eigenvalue weighted by Gasteiger charge is -2.52. The van der Waals surface area contributed by atoms with Crippen molar-refractivity contribution in [2.45, 2.75) is 78.5 Å². The Morgan fingerprint density at radius 3 is 2.24 bits per heavy atom. The smallest absolute Gasteiger partial charge is 0.303 e. The molecule has 9 heteroatoms. The van der Waals surface area contributed by atoms with Crippen LogP contribution in [0.1, 0.15) is 54.0 Å². The fourth-order valence-electron chi connectivity index (χ4n) is 4.69. The maximum Gasteiger partial charge on any atom is 0.303 e. The Kier molecular flexibility index (Phi) is 7.55. The number of carbonyl (C=O) groups is 3. The first kappa shape index (κ1) is 25.6. The first-order valence-corrected chi connectivity index (χ1v) is 11.3. The lowest BCUT2D eigenvalue weighted by atomic mass is 9.87. The van der Waals surface area contributed by atoms with Gasteiger partial charge in [0.1, 0.15) is 5.75 Å². The van der Waals surface area contributed by atoms with Crippen molar-refractivity contribution in [2.75, 3.05) is 18.1 Å². The Hall–Kier alpha value is -3.07. The molecule has 4 atom stereocenters. The quantitative estimate of drug-likeness (QED) is 0.453. The number of anilines is 1. The standard InChI is InChI=1S/C25H33NO8/c1-8-30-18-9-10-20-19(11-18)14(2)12-25(6,7)26(20)24-23(34-17(5)29)22(33-16(4)28)21(13-31-24)32-15(3)27/h9-12,21-24H,8,13H2,1-7H3/t21-,22+,23-,24?/m1/s1. The molecule has 2 aliphatic rings. The molecule has 0 aromatic heterocycles. The van der Waals surface area contributed by atoms with Crippen LogP contribution in [0.5, 0.6) is 5.75 Å². The fraction of sp³-hybridized carbons (Fsp3) is 0.560. The van der Waals surface area contributed by atoms with E-state index in [9.17, 15) is 14.4 Å². The van der Waals surface area contributed by atoms with Crippen LogP contribution in [0.4, 0.5) is 5.69 Å². The Labute approximate surface area is 199 Å². The van der Waals surface area contributed by atoms with Crippen LogP contribution in [0.2, 0.25) is 0 Å². The first-order chi connectivity index (χ1) is 15.9. The molecule has 9 nitrogen and oxygen atoms in total. The summed E-state index contributed by atoms with van der Waals surface area (Å²) in [6.07, 6.45) is -1.75. The van der Waals surface area contributed by atoms with Gasteiger partial charge in [-0.25, -0.2) is 0 Å². The van der Waals surface area contributed by atoms with E-state index in [1.165, 1.54) is 20.8 Å². The van der Waals surface area contributed by atoms with Gasteiger partial charge in [0.2, 0.25) is 0 Å². The van der Waals surface area contributed by atoms with Crippen molar-refractivity contribution in [2.24, 2.45) is 0 Å². The van der Waals surface area contributed by atoms with Gasteiger partial charge in [-0.1, -0.05) is 6.08 Å². The van der Waals surface area contributed by atoms with Crippen LogP contribution in [0.3, 0.4) is 0 Å². The number of ether oxygens (including phenoxy) is 5. The highest BCUT2D eigenvalue weighted by molar-refractivity contribution is 5.82. The Balaban J connectivity index is 2.10. The van der Waals surface area contributed by atoms with Crippen molar-refractivity contribution in [1.29, 1.82) is 0 Å². The van der Waals surface area contributed by atoms with Gasteiger partial charge < -0.3 is 28.6 Å². The number of fused-ring (bicyclic) bond motifs is 1. The second-order valence-electron chi connectivity index (χ2n) is 8.98. The molecule has 1 aromatic carbocycles. The maximum atomic E-state index is 12.1. The summed E-state index contributed by atoms with van der Waals surface area (Å²) in [6, 6.07) is 5.77. The minimum absolute atomic E-state index is 0.0401. The van der Waals surface area contributed by atoms with Crippen LogP contribution in [-0.4, -0.2) is 61.2 Å². The molecule has 2 aliphatic heterocycles. The minimum atomic E-state index is -1.05. The summed E-state index contributed by atoms with van der Waals surface area (Å²) in [6.45, 7) is 12.3. The van der Waals surface area contributed by atoms with E-state index in [0.29, 0.717) is 6.61 Å². The molecule has 1 fully saturated rings. The summed E-state index contributed by atoms with van der Waals surface area (Å²) in [5.41, 5.74) is 2.30. The van der Waals surface area contributed by atoms with Crippen molar-refractivity contribution >= 4 is 29.2 Å². The first-order valence-electron chi connectivity index (χ1n) is 11.3. The molecule has 0 radical (unpaired) electrons. The summed E-state index contributed by atoms with van der Waals surface area (Å²) in [4.78, 5) is 37.7. The lowest BCUT2D eigenvalue weighted by Crippen LogP contribution is -2.66. The molecule has 34 heavy (non-hydrogen) atoms. The van der Waals surface area contributed by atoms with E-state index in [-0.39, 0.29) is 6.61 Å². The van der Waals surface area contributed by atoms with Crippen molar-refractivity contribution in [3.05, 3.63) is 29.8 Å². The van der Waals surface area contributed by atoms with Crippen LogP contribution < -0.4 is 9.64 Å². The number of nitrogens with zero attached hydrogens (tertiary/aromatic N) is 1. The molecule has 1 unspecified atom stereocenters. The number of carbonyl (C=O) groups excluding carboxylic acids is 3. The van der Waals surface area contributed by atoms with Gasteiger partial charge in [-0.15, -0.1) is 0 Å². The van der Waals surface area contributed by atoms with E-state index in [0.717, 1.165) is 22.6 Å². The van der Waals surface area contributed by atoms with Crippen LogP contribution in [0.25, 0.3) is 5.57 Å². The fourth-order valence-corrected chi connectivity index (χ4v) is 4.69. The van der Waals surface area contributed by atoms with Gasteiger partial charge in [0.05, 0.1) is 18.8 Å². The average molecular weight is 476 g/mol.